The van der Waals surface area contributed by atoms with Gasteiger partial charge in [0.25, 0.3) is 5.91 Å². The molecule has 7 nitrogen and oxygen atoms in total. The summed E-state index contributed by atoms with van der Waals surface area (Å²) in [6.45, 7) is 0. The molecule has 0 aliphatic carbocycles. The third-order valence-corrected chi connectivity index (χ3v) is 6.57. The summed E-state index contributed by atoms with van der Waals surface area (Å²) in [6, 6.07) is 13.0. The first kappa shape index (κ1) is 23.3. The molecule has 2 aromatic heterocycles. The van der Waals surface area contributed by atoms with Crippen molar-refractivity contribution in [3.05, 3.63) is 82.2 Å². The SMILES string of the molecule is O=C1/C(=C\c2ccc(-c3ccc(Cl)c(-n4cnnn4)c3)o2)SC(=S)N1c1cccc(C(F)(F)F)c1. The lowest BCUT2D eigenvalue weighted by atomic mass is 10.1. The highest BCUT2D eigenvalue weighted by molar-refractivity contribution is 8.27. The van der Waals surface area contributed by atoms with Crippen LogP contribution in [0.2, 0.25) is 5.02 Å². The minimum atomic E-state index is -4.54. The molecule has 3 heterocycles. The van der Waals surface area contributed by atoms with Gasteiger partial charge >= 0.3 is 6.18 Å². The zero-order valence-corrected chi connectivity index (χ0v) is 19.6. The molecule has 0 radical (unpaired) electrons. The van der Waals surface area contributed by atoms with Crippen molar-refractivity contribution < 1.29 is 22.4 Å². The zero-order valence-electron chi connectivity index (χ0n) is 17.2. The monoisotopic (exact) mass is 533 g/mol. The predicted molar refractivity (Wildman–Crippen MR) is 129 cm³/mol. The minimum absolute atomic E-state index is 0.0437. The maximum absolute atomic E-state index is 13.1. The molecule has 0 atom stereocenters. The lowest BCUT2D eigenvalue weighted by molar-refractivity contribution is -0.137. The van der Waals surface area contributed by atoms with E-state index < -0.39 is 17.6 Å². The second kappa shape index (κ2) is 8.95. The highest BCUT2D eigenvalue weighted by atomic mass is 35.5. The van der Waals surface area contributed by atoms with Crippen LogP contribution in [0.3, 0.4) is 0 Å². The maximum Gasteiger partial charge on any atom is 0.416 e. The number of thiocarbonyl (C=S) groups is 1. The van der Waals surface area contributed by atoms with Crippen LogP contribution in [0.5, 0.6) is 0 Å². The van der Waals surface area contributed by atoms with Crippen molar-refractivity contribution in [2.75, 3.05) is 4.90 Å². The summed E-state index contributed by atoms with van der Waals surface area (Å²) in [7, 11) is 0. The lowest BCUT2D eigenvalue weighted by Gasteiger charge is -2.16. The van der Waals surface area contributed by atoms with Gasteiger partial charge < -0.3 is 4.42 Å². The van der Waals surface area contributed by atoms with Crippen molar-refractivity contribution >= 4 is 57.6 Å². The molecule has 35 heavy (non-hydrogen) atoms. The van der Waals surface area contributed by atoms with Gasteiger partial charge in [0.05, 0.1) is 26.9 Å². The van der Waals surface area contributed by atoms with Crippen LogP contribution in [0.15, 0.2) is 70.2 Å². The average Bonchev–Trinajstić information content (AvgIpc) is 3.56. The molecular weight excluding hydrogens is 523 g/mol. The number of hydrogen-bond donors (Lipinski definition) is 0. The number of tetrazole rings is 1. The molecule has 1 aliphatic rings. The first-order chi connectivity index (χ1) is 16.7. The van der Waals surface area contributed by atoms with Crippen LogP contribution >= 0.6 is 35.6 Å². The fourth-order valence-corrected chi connectivity index (χ4v) is 4.82. The van der Waals surface area contributed by atoms with Gasteiger partial charge in [0, 0.05) is 11.6 Å². The number of carbonyl (C=O) groups excluding carboxylic acids is 1. The van der Waals surface area contributed by atoms with Crippen LogP contribution in [0.25, 0.3) is 23.1 Å². The molecule has 1 amide bonds. The van der Waals surface area contributed by atoms with Crippen LogP contribution < -0.4 is 4.90 Å². The summed E-state index contributed by atoms with van der Waals surface area (Å²) in [4.78, 5) is 14.3. The fourth-order valence-electron chi connectivity index (χ4n) is 3.34. The Balaban J connectivity index is 1.42. The molecule has 176 valence electrons. The fraction of sp³-hybridized carbons (Fsp3) is 0.0455. The van der Waals surface area contributed by atoms with Crippen molar-refractivity contribution in [3.63, 3.8) is 0 Å². The number of hydrogen-bond acceptors (Lipinski definition) is 7. The van der Waals surface area contributed by atoms with E-state index in [1.54, 1.807) is 30.3 Å². The first-order valence-corrected chi connectivity index (χ1v) is 11.4. The van der Waals surface area contributed by atoms with E-state index in [2.05, 4.69) is 15.5 Å². The Hall–Kier alpha value is -3.48. The third-order valence-electron chi connectivity index (χ3n) is 4.95. The zero-order chi connectivity index (χ0) is 24.7. The van der Waals surface area contributed by atoms with E-state index in [-0.39, 0.29) is 14.9 Å². The standard InChI is InChI=1S/C22H11ClF3N5O2S2/c23-16-6-4-12(8-17(16)30-11-27-28-29-30)18-7-5-15(33-18)10-19-20(32)31(21(34)35-19)14-3-1-2-13(9-14)22(24,25)26/h1-11H/b19-10+. The summed E-state index contributed by atoms with van der Waals surface area (Å²) < 4.78 is 46.7. The van der Waals surface area contributed by atoms with Crippen molar-refractivity contribution in [3.8, 4) is 17.0 Å². The molecular formula is C22H11ClF3N5O2S2. The average molecular weight is 534 g/mol. The predicted octanol–water partition coefficient (Wildman–Crippen LogP) is 6.00. The van der Waals surface area contributed by atoms with Gasteiger partial charge in [-0.3, -0.25) is 9.69 Å². The van der Waals surface area contributed by atoms with E-state index in [0.29, 0.717) is 27.8 Å². The van der Waals surface area contributed by atoms with E-state index in [1.807, 2.05) is 0 Å². The Labute approximate surface area is 210 Å². The van der Waals surface area contributed by atoms with E-state index in [0.717, 1.165) is 28.8 Å². The number of rotatable bonds is 4. The van der Waals surface area contributed by atoms with Crippen molar-refractivity contribution in [1.29, 1.82) is 0 Å². The van der Waals surface area contributed by atoms with Gasteiger partial charge in [-0.05, 0) is 59.0 Å². The molecule has 13 heteroatoms. The molecule has 2 aromatic carbocycles. The van der Waals surface area contributed by atoms with Gasteiger partial charge in [0.15, 0.2) is 4.32 Å². The van der Waals surface area contributed by atoms with Gasteiger partial charge in [-0.1, -0.05) is 41.6 Å². The van der Waals surface area contributed by atoms with E-state index in [4.69, 9.17) is 28.2 Å². The van der Waals surface area contributed by atoms with Gasteiger partial charge in [-0.15, -0.1) is 5.10 Å². The largest absolute Gasteiger partial charge is 0.457 e. The Morgan fingerprint density at radius 1 is 1.11 bits per heavy atom. The van der Waals surface area contributed by atoms with Crippen LogP contribution in [0.1, 0.15) is 11.3 Å². The van der Waals surface area contributed by atoms with Gasteiger partial charge in [0.1, 0.15) is 17.8 Å². The normalized spacial score (nSPS) is 15.4. The first-order valence-electron chi connectivity index (χ1n) is 9.79. The number of anilines is 1. The van der Waals surface area contributed by atoms with Crippen molar-refractivity contribution in [2.24, 2.45) is 0 Å². The number of thioether (sulfide) groups is 1. The number of benzene rings is 2. The molecule has 5 rings (SSSR count). The van der Waals surface area contributed by atoms with E-state index in [1.165, 1.54) is 29.2 Å². The second-order valence-electron chi connectivity index (χ2n) is 7.19. The number of nitrogens with zero attached hydrogens (tertiary/aromatic N) is 5. The third kappa shape index (κ3) is 4.59. The number of aromatic nitrogens is 4. The summed E-state index contributed by atoms with van der Waals surface area (Å²) in [5, 5.41) is 11.5. The summed E-state index contributed by atoms with van der Waals surface area (Å²) in [5.41, 5.74) is 0.417. The van der Waals surface area contributed by atoms with E-state index >= 15 is 0 Å². The number of furan rings is 1. The summed E-state index contributed by atoms with van der Waals surface area (Å²) >= 11 is 12.5. The molecule has 1 aliphatic heterocycles. The summed E-state index contributed by atoms with van der Waals surface area (Å²) in [6.07, 6.45) is -1.64. The van der Waals surface area contributed by atoms with Crippen LogP contribution in [-0.2, 0) is 11.0 Å². The molecule has 1 saturated heterocycles. The van der Waals surface area contributed by atoms with E-state index in [9.17, 15) is 18.0 Å². The molecule has 0 N–H and O–H groups in total. The summed E-state index contributed by atoms with van der Waals surface area (Å²) in [5.74, 6) is 0.323. The number of alkyl halides is 3. The number of amides is 1. The van der Waals surface area contributed by atoms with Gasteiger partial charge in [-0.2, -0.15) is 17.9 Å². The topological polar surface area (TPSA) is 77.0 Å². The Bertz CT molecular complexity index is 1480. The van der Waals surface area contributed by atoms with Crippen LogP contribution in [0, 0.1) is 0 Å². The van der Waals surface area contributed by atoms with Crippen LogP contribution in [0.4, 0.5) is 18.9 Å². The smallest absolute Gasteiger partial charge is 0.416 e. The van der Waals surface area contributed by atoms with Gasteiger partial charge in [0.2, 0.25) is 0 Å². The van der Waals surface area contributed by atoms with Crippen molar-refractivity contribution in [2.45, 2.75) is 6.18 Å². The second-order valence-corrected chi connectivity index (χ2v) is 9.27. The molecule has 0 saturated carbocycles. The van der Waals surface area contributed by atoms with Crippen LogP contribution in [-0.4, -0.2) is 30.4 Å². The molecule has 0 spiro atoms. The highest BCUT2D eigenvalue weighted by Gasteiger charge is 2.36. The Kier molecular flexibility index (Phi) is 5.95. The maximum atomic E-state index is 13.1. The molecule has 0 unspecified atom stereocenters. The molecule has 4 aromatic rings. The quantitative estimate of drug-likeness (QED) is 0.235. The molecule has 0 bridgehead atoms. The Morgan fingerprint density at radius 2 is 1.94 bits per heavy atom. The number of halogens is 4. The Morgan fingerprint density at radius 3 is 2.69 bits per heavy atom. The van der Waals surface area contributed by atoms with Crippen molar-refractivity contribution in [1.82, 2.24) is 20.2 Å². The lowest BCUT2D eigenvalue weighted by Crippen LogP contribution is -2.27. The number of carbonyl (C=O) groups is 1. The van der Waals surface area contributed by atoms with Gasteiger partial charge in [-0.25, -0.2) is 0 Å². The minimum Gasteiger partial charge on any atom is -0.457 e. The molecule has 1 fully saturated rings. The highest BCUT2D eigenvalue weighted by Crippen LogP contribution is 2.39.